The Morgan fingerprint density at radius 1 is 1.19 bits per heavy atom. The molecule has 0 aliphatic carbocycles. The Morgan fingerprint density at radius 2 is 2.00 bits per heavy atom. The molecule has 0 atom stereocenters. The number of halogens is 1. The van der Waals surface area contributed by atoms with Crippen molar-refractivity contribution in [2.75, 3.05) is 18.1 Å². The molecule has 6 heteroatoms. The molecule has 0 aliphatic heterocycles. The zero-order valence-corrected chi connectivity index (χ0v) is 13.6. The third kappa shape index (κ3) is 3.71. The van der Waals surface area contributed by atoms with Crippen LogP contribution in [0.25, 0.3) is 11.0 Å². The fraction of sp³-hybridized carbons (Fsp3) is 0.133. The number of nitrogen functional groups attached to an aromatic ring is 1. The number of thioether (sulfide) groups is 1. The summed E-state index contributed by atoms with van der Waals surface area (Å²) in [6.45, 7) is 0.630. The largest absolute Gasteiger partial charge is 0.493 e. The van der Waals surface area contributed by atoms with Gasteiger partial charge in [0, 0.05) is 15.9 Å². The van der Waals surface area contributed by atoms with Crippen molar-refractivity contribution in [1.82, 2.24) is 9.97 Å². The van der Waals surface area contributed by atoms with E-state index >= 15 is 0 Å². The standard InChI is InChI=1S/C15H14BrN3OS/c16-10-1-4-12(5-2-10)20-7-8-21-15-18-13-6-3-11(17)9-14(13)19-15/h1-6,9H,7-8,17H2,(H,18,19). The van der Waals surface area contributed by atoms with E-state index < -0.39 is 0 Å². The monoisotopic (exact) mass is 363 g/mol. The van der Waals surface area contributed by atoms with Crippen molar-refractivity contribution in [3.63, 3.8) is 0 Å². The van der Waals surface area contributed by atoms with Gasteiger partial charge in [0.2, 0.25) is 0 Å². The Balaban J connectivity index is 1.53. The van der Waals surface area contributed by atoms with Crippen LogP contribution in [0.5, 0.6) is 5.75 Å². The van der Waals surface area contributed by atoms with E-state index in [2.05, 4.69) is 25.9 Å². The first-order chi connectivity index (χ1) is 10.2. The number of imidazole rings is 1. The zero-order valence-electron chi connectivity index (χ0n) is 11.2. The van der Waals surface area contributed by atoms with Crippen LogP contribution in [-0.4, -0.2) is 22.3 Å². The number of aromatic nitrogens is 2. The van der Waals surface area contributed by atoms with E-state index in [0.717, 1.165) is 37.9 Å². The quantitative estimate of drug-likeness (QED) is 0.407. The molecular formula is C15H14BrN3OS. The second-order valence-corrected chi connectivity index (χ2v) is 6.47. The van der Waals surface area contributed by atoms with Crippen LogP contribution >= 0.6 is 27.7 Å². The zero-order chi connectivity index (χ0) is 14.7. The Hall–Kier alpha value is -1.66. The topological polar surface area (TPSA) is 63.9 Å². The van der Waals surface area contributed by atoms with Gasteiger partial charge in [-0.3, -0.25) is 0 Å². The molecule has 1 heterocycles. The van der Waals surface area contributed by atoms with Gasteiger partial charge in [-0.15, -0.1) is 0 Å². The van der Waals surface area contributed by atoms with Gasteiger partial charge in [0.1, 0.15) is 5.75 Å². The van der Waals surface area contributed by atoms with Crippen LogP contribution in [0.3, 0.4) is 0 Å². The lowest BCUT2D eigenvalue weighted by molar-refractivity contribution is 0.344. The highest BCUT2D eigenvalue weighted by atomic mass is 79.9. The molecule has 0 saturated heterocycles. The lowest BCUT2D eigenvalue weighted by atomic mass is 10.3. The van der Waals surface area contributed by atoms with Crippen LogP contribution in [0.2, 0.25) is 0 Å². The Labute approximate surface area is 135 Å². The number of H-pyrrole nitrogens is 1. The first kappa shape index (κ1) is 14.3. The number of nitrogens with one attached hydrogen (secondary N) is 1. The molecule has 0 spiro atoms. The third-order valence-electron chi connectivity index (χ3n) is 2.89. The smallest absolute Gasteiger partial charge is 0.166 e. The number of ether oxygens (including phenoxy) is 1. The fourth-order valence-corrected chi connectivity index (χ4v) is 2.87. The number of nitrogens with two attached hydrogens (primary N) is 1. The van der Waals surface area contributed by atoms with Crippen LogP contribution in [0.15, 0.2) is 52.1 Å². The molecule has 2 aromatic carbocycles. The van der Waals surface area contributed by atoms with Crippen molar-refractivity contribution in [1.29, 1.82) is 0 Å². The molecule has 1 aromatic heterocycles. The van der Waals surface area contributed by atoms with E-state index in [4.69, 9.17) is 10.5 Å². The summed E-state index contributed by atoms with van der Waals surface area (Å²) < 4.78 is 6.72. The summed E-state index contributed by atoms with van der Waals surface area (Å²) in [5, 5.41) is 0.884. The molecule has 0 aliphatic rings. The maximum absolute atomic E-state index is 5.75. The molecule has 3 rings (SSSR count). The third-order valence-corrected chi connectivity index (χ3v) is 4.25. The molecular weight excluding hydrogens is 350 g/mol. The molecule has 0 bridgehead atoms. The highest BCUT2D eigenvalue weighted by Crippen LogP contribution is 2.21. The van der Waals surface area contributed by atoms with Crippen LogP contribution in [0.1, 0.15) is 0 Å². The summed E-state index contributed by atoms with van der Waals surface area (Å²) in [5.74, 6) is 1.70. The van der Waals surface area contributed by atoms with Crippen LogP contribution in [0, 0.1) is 0 Å². The van der Waals surface area contributed by atoms with Crippen molar-refractivity contribution in [3.05, 3.63) is 46.9 Å². The van der Waals surface area contributed by atoms with Crippen LogP contribution in [0.4, 0.5) is 5.69 Å². The van der Waals surface area contributed by atoms with Gasteiger partial charge in [-0.2, -0.15) is 0 Å². The second-order valence-electron chi connectivity index (χ2n) is 4.47. The van der Waals surface area contributed by atoms with E-state index in [1.807, 2.05) is 42.5 Å². The van der Waals surface area contributed by atoms with Crippen molar-refractivity contribution in [2.24, 2.45) is 0 Å². The summed E-state index contributed by atoms with van der Waals surface area (Å²) in [4.78, 5) is 7.75. The SMILES string of the molecule is Nc1ccc2nc(SCCOc3ccc(Br)cc3)[nH]c2c1. The van der Waals surface area contributed by atoms with Gasteiger partial charge in [-0.1, -0.05) is 27.7 Å². The lowest BCUT2D eigenvalue weighted by Gasteiger charge is -2.04. The Morgan fingerprint density at radius 3 is 2.81 bits per heavy atom. The molecule has 0 fully saturated rings. The molecule has 3 aromatic rings. The van der Waals surface area contributed by atoms with Crippen LogP contribution in [-0.2, 0) is 0 Å². The maximum atomic E-state index is 5.75. The molecule has 0 amide bonds. The summed E-state index contributed by atoms with van der Waals surface area (Å²) in [5.41, 5.74) is 8.38. The summed E-state index contributed by atoms with van der Waals surface area (Å²) >= 11 is 5.03. The number of anilines is 1. The van der Waals surface area contributed by atoms with Crippen molar-refractivity contribution >= 4 is 44.4 Å². The van der Waals surface area contributed by atoms with Crippen molar-refractivity contribution in [3.8, 4) is 5.75 Å². The molecule has 4 nitrogen and oxygen atoms in total. The minimum Gasteiger partial charge on any atom is -0.493 e. The summed E-state index contributed by atoms with van der Waals surface area (Å²) in [7, 11) is 0. The number of benzene rings is 2. The average Bonchev–Trinajstić information content (AvgIpc) is 2.87. The van der Waals surface area contributed by atoms with Crippen molar-refractivity contribution < 1.29 is 4.74 Å². The van der Waals surface area contributed by atoms with E-state index in [-0.39, 0.29) is 0 Å². The number of nitrogens with zero attached hydrogens (tertiary/aromatic N) is 1. The molecule has 0 unspecified atom stereocenters. The highest BCUT2D eigenvalue weighted by molar-refractivity contribution is 9.10. The average molecular weight is 364 g/mol. The first-order valence-electron chi connectivity index (χ1n) is 6.47. The predicted octanol–water partition coefficient (Wildman–Crippen LogP) is 4.08. The Kier molecular flexibility index (Phi) is 4.36. The normalized spacial score (nSPS) is 10.9. The summed E-state index contributed by atoms with van der Waals surface area (Å²) in [6.07, 6.45) is 0. The molecule has 108 valence electrons. The minimum atomic E-state index is 0.630. The van der Waals surface area contributed by atoms with E-state index in [9.17, 15) is 0 Å². The summed E-state index contributed by atoms with van der Waals surface area (Å²) in [6, 6.07) is 13.5. The number of aromatic amines is 1. The lowest BCUT2D eigenvalue weighted by Crippen LogP contribution is -2.00. The van der Waals surface area contributed by atoms with Gasteiger partial charge in [0.15, 0.2) is 5.16 Å². The molecule has 21 heavy (non-hydrogen) atoms. The van der Waals surface area contributed by atoms with E-state index in [0.29, 0.717) is 6.61 Å². The first-order valence-corrected chi connectivity index (χ1v) is 8.25. The number of fused-ring (bicyclic) bond motifs is 1. The van der Waals surface area contributed by atoms with E-state index in [1.165, 1.54) is 0 Å². The van der Waals surface area contributed by atoms with Crippen LogP contribution < -0.4 is 10.5 Å². The van der Waals surface area contributed by atoms with Gasteiger partial charge < -0.3 is 15.5 Å². The molecule has 0 radical (unpaired) electrons. The second kappa shape index (κ2) is 6.41. The Bertz CT molecular complexity index is 742. The van der Waals surface area contributed by atoms with Gasteiger partial charge in [0.25, 0.3) is 0 Å². The maximum Gasteiger partial charge on any atom is 0.166 e. The number of rotatable bonds is 5. The molecule has 0 saturated carbocycles. The minimum absolute atomic E-state index is 0.630. The highest BCUT2D eigenvalue weighted by Gasteiger charge is 2.03. The van der Waals surface area contributed by atoms with Gasteiger partial charge in [-0.25, -0.2) is 4.98 Å². The predicted molar refractivity (Wildman–Crippen MR) is 90.9 cm³/mol. The fourth-order valence-electron chi connectivity index (χ4n) is 1.90. The van der Waals surface area contributed by atoms with Gasteiger partial charge >= 0.3 is 0 Å². The van der Waals surface area contributed by atoms with Gasteiger partial charge in [0.05, 0.1) is 17.6 Å². The van der Waals surface area contributed by atoms with Gasteiger partial charge in [-0.05, 0) is 42.5 Å². The van der Waals surface area contributed by atoms with E-state index in [1.54, 1.807) is 11.8 Å². The molecule has 3 N–H and O–H groups in total. The number of hydrogen-bond donors (Lipinski definition) is 2. The van der Waals surface area contributed by atoms with Crippen molar-refractivity contribution in [2.45, 2.75) is 5.16 Å². The number of hydrogen-bond acceptors (Lipinski definition) is 4.